The van der Waals surface area contributed by atoms with Crippen molar-refractivity contribution in [2.24, 2.45) is 0 Å². The molecule has 166 valence electrons. The molecule has 1 aromatic carbocycles. The van der Waals surface area contributed by atoms with Crippen molar-refractivity contribution in [1.82, 2.24) is 14.4 Å². The summed E-state index contributed by atoms with van der Waals surface area (Å²) in [7, 11) is 1.64. The van der Waals surface area contributed by atoms with Crippen LogP contribution in [0.1, 0.15) is 15.4 Å². The molecule has 8 nitrogen and oxygen atoms in total. The van der Waals surface area contributed by atoms with Crippen LogP contribution in [-0.4, -0.2) is 27.4 Å². The lowest BCUT2D eigenvalue weighted by atomic mass is 10.2. The first-order chi connectivity index (χ1) is 16.0. The molecule has 0 atom stereocenters. The maximum absolute atomic E-state index is 12.6. The number of aryl methyl sites for hydroxylation is 1. The molecule has 33 heavy (non-hydrogen) atoms. The maximum Gasteiger partial charge on any atom is 0.265 e. The number of thiazole rings is 1. The van der Waals surface area contributed by atoms with E-state index in [0.29, 0.717) is 16.3 Å². The molecule has 0 saturated carbocycles. The largest absolute Gasteiger partial charge is 0.497 e. The Morgan fingerprint density at radius 2 is 2.00 bits per heavy atom. The normalized spacial score (nSPS) is 11.0. The molecule has 4 heterocycles. The summed E-state index contributed by atoms with van der Waals surface area (Å²) in [6, 6.07) is 14.6. The van der Waals surface area contributed by atoms with Gasteiger partial charge >= 0.3 is 0 Å². The molecule has 1 amide bonds. The topological polar surface area (TPSA) is 107 Å². The van der Waals surface area contributed by atoms with E-state index in [1.807, 2.05) is 53.2 Å². The van der Waals surface area contributed by atoms with Gasteiger partial charge in [0.25, 0.3) is 5.91 Å². The van der Waals surface area contributed by atoms with Crippen LogP contribution in [0.2, 0.25) is 0 Å². The molecule has 5 rings (SSSR count). The van der Waals surface area contributed by atoms with Gasteiger partial charge in [-0.1, -0.05) is 12.1 Å². The van der Waals surface area contributed by atoms with Gasteiger partial charge in [0.15, 0.2) is 5.13 Å². The molecule has 0 bridgehead atoms. The molecule has 0 aliphatic heterocycles. The number of methoxy groups -OCH3 is 1. The minimum Gasteiger partial charge on any atom is -0.497 e. The number of nitrogens with one attached hydrogen (secondary N) is 2. The number of thiophene rings is 1. The number of aromatic nitrogens is 3. The third-order valence-corrected chi connectivity index (χ3v) is 6.78. The predicted octanol–water partition coefficient (Wildman–Crippen LogP) is 5.41. The number of benzene rings is 1. The minimum atomic E-state index is -0.206. The monoisotopic (exact) mass is 476 g/mol. The Morgan fingerprint density at radius 3 is 2.82 bits per heavy atom. The smallest absolute Gasteiger partial charge is 0.265 e. The molecule has 10 heteroatoms. The van der Waals surface area contributed by atoms with Gasteiger partial charge in [-0.3, -0.25) is 9.20 Å². The molecular formula is C23H20N6O2S2. The number of imidazole rings is 1. The third-order valence-electron chi connectivity index (χ3n) is 5.02. The first-order valence-corrected chi connectivity index (χ1v) is 11.7. The molecular weight excluding hydrogens is 456 g/mol. The van der Waals surface area contributed by atoms with Gasteiger partial charge in [0, 0.05) is 17.6 Å². The van der Waals surface area contributed by atoms with Gasteiger partial charge in [-0.2, -0.15) is 0 Å². The Morgan fingerprint density at radius 1 is 1.15 bits per heavy atom. The fourth-order valence-corrected chi connectivity index (χ4v) is 5.02. The van der Waals surface area contributed by atoms with Crippen LogP contribution in [0.3, 0.4) is 0 Å². The fourth-order valence-electron chi connectivity index (χ4n) is 3.45. The molecule has 4 N–H and O–H groups in total. The van der Waals surface area contributed by atoms with E-state index in [1.165, 1.54) is 22.7 Å². The molecule has 0 fully saturated rings. The second-order valence-corrected chi connectivity index (χ2v) is 9.15. The number of nitrogens with zero attached hydrogens (tertiary/aromatic N) is 3. The summed E-state index contributed by atoms with van der Waals surface area (Å²) in [5.74, 6) is 0.551. The van der Waals surface area contributed by atoms with Crippen LogP contribution >= 0.6 is 22.7 Å². The number of carbonyl (C=O) groups excluding carboxylic acids is 1. The lowest BCUT2D eigenvalue weighted by Crippen LogP contribution is -2.11. The van der Waals surface area contributed by atoms with Gasteiger partial charge in [-0.25, -0.2) is 9.97 Å². The number of hydrogen-bond acceptors (Lipinski definition) is 8. The van der Waals surface area contributed by atoms with Gasteiger partial charge in [-0.05, 0) is 37.3 Å². The average molecular weight is 477 g/mol. The number of hydrogen-bond donors (Lipinski definition) is 3. The number of para-hydroxylation sites is 2. The standard InChI is InChI=1S/C23H20N6O2S2/c1-13-21(29-10-9-14(31-2)11-19(29)25-13)17-12-32-23(27-17)28-20-8-7-18(33-20)22(30)26-16-6-4-3-5-15(16)24/h3-12H,24H2,1-2H3,(H,26,30)(H,27,28). The molecule has 5 aromatic rings. The predicted molar refractivity (Wildman–Crippen MR) is 134 cm³/mol. The molecule has 0 unspecified atom stereocenters. The highest BCUT2D eigenvalue weighted by molar-refractivity contribution is 7.19. The van der Waals surface area contributed by atoms with Crippen LogP contribution < -0.4 is 21.1 Å². The van der Waals surface area contributed by atoms with E-state index < -0.39 is 0 Å². The lowest BCUT2D eigenvalue weighted by molar-refractivity contribution is 0.103. The summed E-state index contributed by atoms with van der Waals surface area (Å²) in [4.78, 5) is 22.5. The van der Waals surface area contributed by atoms with Gasteiger partial charge < -0.3 is 21.1 Å². The van der Waals surface area contributed by atoms with E-state index in [4.69, 9.17) is 15.5 Å². The van der Waals surface area contributed by atoms with Crippen LogP contribution in [0.15, 0.2) is 60.1 Å². The molecule has 4 aromatic heterocycles. The molecule has 0 spiro atoms. The molecule has 0 aliphatic rings. The Bertz CT molecular complexity index is 1470. The van der Waals surface area contributed by atoms with E-state index in [2.05, 4.69) is 15.6 Å². The summed E-state index contributed by atoms with van der Waals surface area (Å²) in [5.41, 5.74) is 10.5. The Kier molecular flexibility index (Phi) is 5.45. The van der Waals surface area contributed by atoms with Crippen molar-refractivity contribution < 1.29 is 9.53 Å². The number of fused-ring (bicyclic) bond motifs is 1. The van der Waals surface area contributed by atoms with Crippen molar-refractivity contribution in [1.29, 1.82) is 0 Å². The molecule has 0 radical (unpaired) electrons. The number of rotatable bonds is 6. The van der Waals surface area contributed by atoms with Crippen LogP contribution in [0, 0.1) is 6.92 Å². The second-order valence-electron chi connectivity index (χ2n) is 7.21. The van der Waals surface area contributed by atoms with Gasteiger partial charge in [-0.15, -0.1) is 22.7 Å². The third kappa shape index (κ3) is 4.13. The highest BCUT2D eigenvalue weighted by atomic mass is 32.1. The number of amides is 1. The van der Waals surface area contributed by atoms with Gasteiger partial charge in [0.1, 0.15) is 17.1 Å². The summed E-state index contributed by atoms with van der Waals surface area (Å²) < 4.78 is 7.29. The van der Waals surface area contributed by atoms with Crippen LogP contribution in [0.5, 0.6) is 5.75 Å². The lowest BCUT2D eigenvalue weighted by Gasteiger charge is -2.06. The Labute approximate surface area is 197 Å². The van der Waals surface area contributed by atoms with Crippen LogP contribution in [0.4, 0.5) is 21.5 Å². The van der Waals surface area contributed by atoms with Crippen molar-refractivity contribution >= 4 is 55.7 Å². The van der Waals surface area contributed by atoms with Gasteiger partial charge in [0.2, 0.25) is 0 Å². The van der Waals surface area contributed by atoms with Crippen molar-refractivity contribution in [3.05, 3.63) is 70.7 Å². The Hall–Kier alpha value is -3.89. The van der Waals surface area contributed by atoms with E-state index in [1.54, 1.807) is 25.3 Å². The summed E-state index contributed by atoms with van der Waals surface area (Å²) >= 11 is 2.84. The number of nitrogen functional groups attached to an aromatic ring is 1. The van der Waals surface area contributed by atoms with E-state index in [9.17, 15) is 4.79 Å². The number of nitrogens with two attached hydrogens (primary N) is 1. The Balaban J connectivity index is 1.34. The van der Waals surface area contributed by atoms with Crippen molar-refractivity contribution in [3.63, 3.8) is 0 Å². The number of ether oxygens (including phenoxy) is 1. The minimum absolute atomic E-state index is 0.206. The van der Waals surface area contributed by atoms with Crippen molar-refractivity contribution in [2.45, 2.75) is 6.92 Å². The van der Waals surface area contributed by atoms with E-state index in [-0.39, 0.29) is 5.91 Å². The number of carbonyl (C=O) groups is 1. The highest BCUT2D eigenvalue weighted by Crippen LogP contribution is 2.33. The summed E-state index contributed by atoms with van der Waals surface area (Å²) in [6.45, 7) is 1.96. The zero-order valence-corrected chi connectivity index (χ0v) is 19.5. The quantitative estimate of drug-likeness (QED) is 0.283. The first-order valence-electron chi connectivity index (χ1n) is 10.0. The number of anilines is 4. The fraction of sp³-hybridized carbons (Fsp3) is 0.0870. The number of pyridine rings is 1. The van der Waals surface area contributed by atoms with Crippen LogP contribution in [0.25, 0.3) is 17.0 Å². The maximum atomic E-state index is 12.6. The average Bonchev–Trinajstić information content (AvgIpc) is 3.53. The van der Waals surface area contributed by atoms with Crippen molar-refractivity contribution in [3.8, 4) is 17.1 Å². The summed E-state index contributed by atoms with van der Waals surface area (Å²) in [6.07, 6.45) is 1.93. The van der Waals surface area contributed by atoms with Gasteiger partial charge in [0.05, 0.1) is 39.8 Å². The summed E-state index contributed by atoms with van der Waals surface area (Å²) in [5, 5.41) is 9.68. The first kappa shape index (κ1) is 21.0. The van der Waals surface area contributed by atoms with E-state index in [0.717, 1.165) is 38.6 Å². The van der Waals surface area contributed by atoms with Crippen LogP contribution in [-0.2, 0) is 0 Å². The highest BCUT2D eigenvalue weighted by Gasteiger charge is 2.16. The molecule has 0 aliphatic carbocycles. The SMILES string of the molecule is COc1ccn2c(-c3csc(Nc4ccc(C(=O)Nc5ccccc5N)s4)n3)c(C)nc2c1. The second kappa shape index (κ2) is 8.57. The zero-order valence-electron chi connectivity index (χ0n) is 17.8. The molecule has 0 saturated heterocycles. The zero-order chi connectivity index (χ0) is 22.9. The van der Waals surface area contributed by atoms with E-state index >= 15 is 0 Å². The van der Waals surface area contributed by atoms with Crippen molar-refractivity contribution in [2.75, 3.05) is 23.5 Å².